The van der Waals surface area contributed by atoms with E-state index in [0.717, 1.165) is 19.4 Å². The molecule has 0 unspecified atom stereocenters. The molecule has 0 N–H and O–H groups in total. The lowest BCUT2D eigenvalue weighted by molar-refractivity contribution is 0.517. The Balaban J connectivity index is 2.07. The van der Waals surface area contributed by atoms with Crippen LogP contribution in [0.25, 0.3) is 0 Å². The molecular weight excluding hydrogens is 203 g/mol. The molecule has 16 heavy (non-hydrogen) atoms. The molecule has 0 atom stereocenters. The Bertz CT molecular complexity index is 418. The molecule has 0 bridgehead atoms. The third kappa shape index (κ3) is 2.16. The van der Waals surface area contributed by atoms with Crippen LogP contribution in [0.2, 0.25) is 0 Å². The minimum absolute atomic E-state index is 0.117. The van der Waals surface area contributed by atoms with Gasteiger partial charge in [-0.1, -0.05) is 12.1 Å². The quantitative estimate of drug-likeness (QED) is 0.776. The Hall–Kier alpha value is -1.56. The van der Waals surface area contributed by atoms with Crippen molar-refractivity contribution in [2.24, 2.45) is 5.41 Å². The van der Waals surface area contributed by atoms with Gasteiger partial charge in [-0.05, 0) is 25.0 Å². The molecule has 2 rings (SSSR count). The molecule has 0 heterocycles. The fraction of sp³-hybridized carbons (Fsp3) is 0.462. The van der Waals surface area contributed by atoms with Crippen LogP contribution in [0, 0.1) is 22.6 Å². The van der Waals surface area contributed by atoms with E-state index < -0.39 is 0 Å². The summed E-state index contributed by atoms with van der Waals surface area (Å²) in [6.07, 6.45) is 2.74. The normalized spacial score (nSPS) is 16.6. The van der Waals surface area contributed by atoms with Gasteiger partial charge >= 0.3 is 0 Å². The van der Waals surface area contributed by atoms with Gasteiger partial charge in [0.15, 0.2) is 0 Å². The summed E-state index contributed by atoms with van der Waals surface area (Å²) >= 11 is 0. The van der Waals surface area contributed by atoms with Crippen LogP contribution in [0.3, 0.4) is 0 Å². The van der Waals surface area contributed by atoms with Gasteiger partial charge in [0.1, 0.15) is 5.82 Å². The van der Waals surface area contributed by atoms with E-state index in [4.69, 9.17) is 5.26 Å². The van der Waals surface area contributed by atoms with Crippen LogP contribution in [0.1, 0.15) is 19.3 Å². The summed E-state index contributed by atoms with van der Waals surface area (Å²) < 4.78 is 13.5. The van der Waals surface area contributed by atoms with Crippen LogP contribution < -0.4 is 4.90 Å². The molecular formula is C13H15FN2. The number of para-hydroxylation sites is 1. The first-order chi connectivity index (χ1) is 7.67. The molecule has 1 fully saturated rings. The van der Waals surface area contributed by atoms with Crippen molar-refractivity contribution in [2.45, 2.75) is 19.3 Å². The minimum Gasteiger partial charge on any atom is -0.372 e. The molecule has 1 aliphatic carbocycles. The van der Waals surface area contributed by atoms with E-state index in [1.807, 2.05) is 18.0 Å². The number of hydrogen-bond acceptors (Lipinski definition) is 2. The van der Waals surface area contributed by atoms with Crippen molar-refractivity contribution in [3.05, 3.63) is 30.1 Å². The Morgan fingerprint density at radius 1 is 1.44 bits per heavy atom. The van der Waals surface area contributed by atoms with Crippen molar-refractivity contribution in [3.63, 3.8) is 0 Å². The summed E-state index contributed by atoms with van der Waals surface area (Å²) in [7, 11) is 1.88. The van der Waals surface area contributed by atoms with Crippen LogP contribution in [-0.2, 0) is 0 Å². The lowest BCUT2D eigenvalue weighted by Gasteiger charge is -2.24. The topological polar surface area (TPSA) is 27.0 Å². The molecule has 1 saturated carbocycles. The molecule has 0 radical (unpaired) electrons. The van der Waals surface area contributed by atoms with Gasteiger partial charge in [0, 0.05) is 25.4 Å². The van der Waals surface area contributed by atoms with E-state index in [2.05, 4.69) is 6.07 Å². The summed E-state index contributed by atoms with van der Waals surface area (Å²) in [6, 6.07) is 8.99. The largest absolute Gasteiger partial charge is 0.372 e. The molecule has 84 valence electrons. The van der Waals surface area contributed by atoms with Crippen LogP contribution in [0.15, 0.2) is 24.3 Å². The Kier molecular flexibility index (Phi) is 2.82. The third-order valence-electron chi connectivity index (χ3n) is 3.25. The van der Waals surface area contributed by atoms with E-state index >= 15 is 0 Å². The molecule has 1 aromatic rings. The SMILES string of the molecule is CN(CC1(CC#N)CC1)c1ccccc1F. The highest BCUT2D eigenvalue weighted by Crippen LogP contribution is 2.49. The minimum atomic E-state index is -0.197. The van der Waals surface area contributed by atoms with Crippen molar-refractivity contribution in [1.82, 2.24) is 0 Å². The molecule has 1 aliphatic rings. The second kappa shape index (κ2) is 4.13. The zero-order valence-electron chi connectivity index (χ0n) is 9.41. The third-order valence-corrected chi connectivity index (χ3v) is 3.25. The van der Waals surface area contributed by atoms with Crippen molar-refractivity contribution in [1.29, 1.82) is 5.26 Å². The average Bonchev–Trinajstić information content (AvgIpc) is 2.99. The molecule has 0 spiro atoms. The summed E-state index contributed by atoms with van der Waals surface area (Å²) in [5.74, 6) is -0.197. The number of rotatable bonds is 4. The number of nitrogens with zero attached hydrogens (tertiary/aromatic N) is 2. The lowest BCUT2D eigenvalue weighted by atomic mass is 10.0. The number of benzene rings is 1. The predicted molar refractivity (Wildman–Crippen MR) is 61.6 cm³/mol. The van der Waals surface area contributed by atoms with Gasteiger partial charge in [-0.2, -0.15) is 5.26 Å². The Morgan fingerprint density at radius 3 is 2.69 bits per heavy atom. The van der Waals surface area contributed by atoms with Gasteiger partial charge in [0.05, 0.1) is 11.8 Å². The molecule has 0 amide bonds. The maximum Gasteiger partial charge on any atom is 0.146 e. The van der Waals surface area contributed by atoms with Gasteiger partial charge in [0.25, 0.3) is 0 Å². The zero-order chi connectivity index (χ0) is 11.6. The summed E-state index contributed by atoms with van der Waals surface area (Å²) in [6.45, 7) is 0.765. The van der Waals surface area contributed by atoms with E-state index in [0.29, 0.717) is 12.1 Å². The smallest absolute Gasteiger partial charge is 0.146 e. The standard InChI is InChI=1S/C13H15FN2/c1-16(10-13(6-7-13)8-9-15)12-5-3-2-4-11(12)14/h2-5H,6-8,10H2,1H3. The van der Waals surface area contributed by atoms with Crippen LogP contribution in [0.5, 0.6) is 0 Å². The first-order valence-electron chi connectivity index (χ1n) is 5.49. The second-order valence-electron chi connectivity index (χ2n) is 4.64. The fourth-order valence-corrected chi connectivity index (χ4v) is 2.08. The van der Waals surface area contributed by atoms with Gasteiger partial charge in [0.2, 0.25) is 0 Å². The van der Waals surface area contributed by atoms with E-state index in [1.54, 1.807) is 12.1 Å². The number of hydrogen-bond donors (Lipinski definition) is 0. The first-order valence-corrected chi connectivity index (χ1v) is 5.49. The monoisotopic (exact) mass is 218 g/mol. The van der Waals surface area contributed by atoms with E-state index in [1.165, 1.54) is 6.07 Å². The van der Waals surface area contributed by atoms with Gasteiger partial charge in [-0.15, -0.1) is 0 Å². The molecule has 0 saturated heterocycles. The summed E-state index contributed by atoms with van der Waals surface area (Å²) in [5, 5.41) is 8.74. The number of nitriles is 1. The second-order valence-corrected chi connectivity index (χ2v) is 4.64. The fourth-order valence-electron chi connectivity index (χ4n) is 2.08. The zero-order valence-corrected chi connectivity index (χ0v) is 9.41. The van der Waals surface area contributed by atoms with Gasteiger partial charge in [-0.25, -0.2) is 4.39 Å². The molecule has 3 heteroatoms. The van der Waals surface area contributed by atoms with Crippen LogP contribution in [-0.4, -0.2) is 13.6 Å². The average molecular weight is 218 g/mol. The highest BCUT2D eigenvalue weighted by molar-refractivity contribution is 5.47. The molecule has 1 aromatic carbocycles. The van der Waals surface area contributed by atoms with Crippen molar-refractivity contribution >= 4 is 5.69 Å². The lowest BCUT2D eigenvalue weighted by Crippen LogP contribution is -2.27. The maximum atomic E-state index is 13.5. The summed E-state index contributed by atoms with van der Waals surface area (Å²) in [5.41, 5.74) is 0.734. The molecule has 2 nitrogen and oxygen atoms in total. The highest BCUT2D eigenvalue weighted by atomic mass is 19.1. The highest BCUT2D eigenvalue weighted by Gasteiger charge is 2.43. The van der Waals surface area contributed by atoms with Crippen molar-refractivity contribution < 1.29 is 4.39 Å². The van der Waals surface area contributed by atoms with E-state index in [9.17, 15) is 4.39 Å². The number of halogens is 1. The number of anilines is 1. The van der Waals surface area contributed by atoms with Crippen LogP contribution >= 0.6 is 0 Å². The molecule has 0 aromatic heterocycles. The van der Waals surface area contributed by atoms with Gasteiger partial charge in [-0.3, -0.25) is 0 Å². The van der Waals surface area contributed by atoms with Crippen molar-refractivity contribution in [2.75, 3.05) is 18.5 Å². The van der Waals surface area contributed by atoms with E-state index in [-0.39, 0.29) is 11.2 Å². The first kappa shape index (κ1) is 10.9. The Labute approximate surface area is 95.3 Å². The maximum absolute atomic E-state index is 13.5. The van der Waals surface area contributed by atoms with Gasteiger partial charge < -0.3 is 4.90 Å². The van der Waals surface area contributed by atoms with Crippen molar-refractivity contribution in [3.8, 4) is 6.07 Å². The predicted octanol–water partition coefficient (Wildman–Crippen LogP) is 2.96. The molecule has 0 aliphatic heterocycles. The Morgan fingerprint density at radius 2 is 2.12 bits per heavy atom. The summed E-state index contributed by atoms with van der Waals surface area (Å²) in [4.78, 5) is 1.92. The van der Waals surface area contributed by atoms with Crippen LogP contribution in [0.4, 0.5) is 10.1 Å².